The van der Waals surface area contributed by atoms with Crippen LogP contribution in [0.15, 0.2) is 54.9 Å². The van der Waals surface area contributed by atoms with Crippen molar-refractivity contribution >= 4 is 11.9 Å². The van der Waals surface area contributed by atoms with Crippen molar-refractivity contribution in [1.82, 2.24) is 29.7 Å². The van der Waals surface area contributed by atoms with Gasteiger partial charge < -0.3 is 9.64 Å². The second-order valence-corrected chi connectivity index (χ2v) is 10.6. The number of carbonyl (C=O) groups excluding carboxylic acids is 2. The molecule has 208 valence electrons. The molecule has 0 radical (unpaired) electrons. The summed E-state index contributed by atoms with van der Waals surface area (Å²) < 4.78 is 24.4. The van der Waals surface area contributed by atoms with Gasteiger partial charge in [0.25, 0.3) is 5.91 Å². The lowest BCUT2D eigenvalue weighted by atomic mass is 10.0. The van der Waals surface area contributed by atoms with Crippen LogP contribution in [0.5, 0.6) is 0 Å². The molecule has 0 spiro atoms. The Kier molecular flexibility index (Phi) is 7.51. The largest absolute Gasteiger partial charge is 0.462 e. The van der Waals surface area contributed by atoms with Gasteiger partial charge in [0.05, 0.1) is 35.4 Å². The lowest BCUT2D eigenvalue weighted by Gasteiger charge is -2.20. The molecule has 0 aliphatic heterocycles. The number of benzene rings is 2. The molecule has 2 unspecified atom stereocenters. The molecule has 9 nitrogen and oxygen atoms in total. The number of carbonyl (C=O) groups is 2. The highest BCUT2D eigenvalue weighted by Gasteiger charge is 2.46. The molecule has 0 N–H and O–H groups in total. The Morgan fingerprint density at radius 3 is 2.62 bits per heavy atom. The Bertz CT molecular complexity index is 1560. The normalized spacial score (nSPS) is 16.3. The summed E-state index contributed by atoms with van der Waals surface area (Å²) in [6.07, 6.45) is 4.20. The summed E-state index contributed by atoms with van der Waals surface area (Å²) in [5, 5.41) is 12.9. The summed E-state index contributed by atoms with van der Waals surface area (Å²) >= 11 is 0. The lowest BCUT2D eigenvalue weighted by molar-refractivity contribution is 0.0524. The van der Waals surface area contributed by atoms with E-state index in [2.05, 4.69) is 15.4 Å². The van der Waals surface area contributed by atoms with Crippen LogP contribution in [0, 0.1) is 11.7 Å². The molecule has 0 saturated heterocycles. The Morgan fingerprint density at radius 2 is 1.93 bits per heavy atom. The molecule has 2 heterocycles. The van der Waals surface area contributed by atoms with E-state index in [1.165, 1.54) is 12.3 Å². The molecule has 4 aromatic rings. The van der Waals surface area contributed by atoms with Crippen LogP contribution in [-0.2, 0) is 11.8 Å². The summed E-state index contributed by atoms with van der Waals surface area (Å²) in [6.45, 7) is 6.56. The average Bonchev–Trinajstić information content (AvgIpc) is 3.37. The predicted octanol–water partition coefficient (Wildman–Crippen LogP) is 4.98. The number of ether oxygens (including phenoxy) is 1. The van der Waals surface area contributed by atoms with Crippen LogP contribution in [0.3, 0.4) is 0 Å². The Labute approximate surface area is 232 Å². The minimum absolute atomic E-state index is 0.00329. The fraction of sp³-hybridized carbons (Fsp3) is 0.367. The van der Waals surface area contributed by atoms with Gasteiger partial charge in [-0.1, -0.05) is 43.3 Å². The Balaban J connectivity index is 1.52. The quantitative estimate of drug-likeness (QED) is 0.276. The van der Waals surface area contributed by atoms with Crippen molar-refractivity contribution in [2.24, 2.45) is 13.0 Å². The first-order valence-corrected chi connectivity index (χ1v) is 13.5. The zero-order valence-electron chi connectivity index (χ0n) is 23.3. The van der Waals surface area contributed by atoms with Gasteiger partial charge >= 0.3 is 5.97 Å². The molecule has 5 rings (SSSR count). The number of aryl methyl sites for hydroxylation is 1. The maximum absolute atomic E-state index is 15.7. The van der Waals surface area contributed by atoms with E-state index in [4.69, 9.17) is 4.74 Å². The summed E-state index contributed by atoms with van der Waals surface area (Å²) in [6, 6.07) is 12.1. The number of rotatable bonds is 9. The molecular weight excluding hydrogens is 511 g/mol. The number of halogens is 1. The van der Waals surface area contributed by atoms with Crippen LogP contribution in [-0.4, -0.2) is 61.8 Å². The monoisotopic (exact) mass is 544 g/mol. The average molecular weight is 545 g/mol. The molecule has 1 saturated carbocycles. The SMILES string of the molecule is CCOC(=O)c1cnn(-c2cccc(-c3cccc(C(=O)N(C)CC(C)C)c3F)c2)c1C1CC1c1cn(C)nn1. The molecule has 10 heteroatoms. The summed E-state index contributed by atoms with van der Waals surface area (Å²) in [4.78, 5) is 27.4. The minimum Gasteiger partial charge on any atom is -0.462 e. The van der Waals surface area contributed by atoms with Crippen LogP contribution in [0.2, 0.25) is 0 Å². The number of hydrogen-bond acceptors (Lipinski definition) is 6. The van der Waals surface area contributed by atoms with Crippen molar-refractivity contribution in [3.05, 3.63) is 83.2 Å². The van der Waals surface area contributed by atoms with E-state index >= 15 is 4.39 Å². The molecule has 2 aromatic carbocycles. The van der Waals surface area contributed by atoms with Gasteiger partial charge in [-0.15, -0.1) is 5.10 Å². The second kappa shape index (κ2) is 11.0. The highest BCUT2D eigenvalue weighted by Crippen LogP contribution is 2.55. The Hall–Kier alpha value is -4.34. The molecule has 1 aliphatic carbocycles. The van der Waals surface area contributed by atoms with Crippen molar-refractivity contribution in [1.29, 1.82) is 0 Å². The minimum atomic E-state index is -0.571. The molecule has 1 fully saturated rings. The zero-order chi connectivity index (χ0) is 28.6. The topological polar surface area (TPSA) is 95.1 Å². The third-order valence-corrected chi connectivity index (χ3v) is 7.06. The molecule has 1 amide bonds. The third-order valence-electron chi connectivity index (χ3n) is 7.06. The highest BCUT2D eigenvalue weighted by molar-refractivity contribution is 5.96. The first-order chi connectivity index (χ1) is 19.2. The van der Waals surface area contributed by atoms with Crippen molar-refractivity contribution in [3.8, 4) is 16.8 Å². The number of hydrogen-bond donors (Lipinski definition) is 0. The second-order valence-electron chi connectivity index (χ2n) is 10.6. The van der Waals surface area contributed by atoms with Crippen LogP contribution in [0.4, 0.5) is 4.39 Å². The van der Waals surface area contributed by atoms with Gasteiger partial charge in [0.15, 0.2) is 0 Å². The molecule has 2 aromatic heterocycles. The molecule has 1 aliphatic rings. The third kappa shape index (κ3) is 5.25. The lowest BCUT2D eigenvalue weighted by Crippen LogP contribution is -2.31. The number of esters is 1. The van der Waals surface area contributed by atoms with Gasteiger partial charge in [-0.2, -0.15) is 5.10 Å². The van der Waals surface area contributed by atoms with E-state index in [1.54, 1.807) is 46.4 Å². The van der Waals surface area contributed by atoms with Crippen LogP contribution in [0.1, 0.15) is 71.1 Å². The first kappa shape index (κ1) is 27.2. The van der Waals surface area contributed by atoms with Crippen molar-refractivity contribution < 1.29 is 18.7 Å². The smallest absolute Gasteiger partial charge is 0.341 e. The van der Waals surface area contributed by atoms with Gasteiger partial charge in [-0.05, 0) is 43.0 Å². The van der Waals surface area contributed by atoms with E-state index in [9.17, 15) is 9.59 Å². The summed E-state index contributed by atoms with van der Waals surface area (Å²) in [7, 11) is 3.50. The summed E-state index contributed by atoms with van der Waals surface area (Å²) in [5.74, 6) is -1.01. The van der Waals surface area contributed by atoms with Crippen molar-refractivity contribution in [2.75, 3.05) is 20.2 Å². The standard InChI is InChI=1S/C30H33FN6O3/c1-6-40-30(39)25-15-32-37(28(25)24-14-23(24)26-17-36(5)34-33-26)20-10-7-9-19(13-20)21-11-8-12-22(27(21)31)29(38)35(4)16-18(2)3/h7-13,15,17-18,23-24H,6,14,16H2,1-5H3. The van der Waals surface area contributed by atoms with Gasteiger partial charge in [0.2, 0.25) is 0 Å². The van der Waals surface area contributed by atoms with Crippen LogP contribution >= 0.6 is 0 Å². The molecule has 40 heavy (non-hydrogen) atoms. The van der Waals surface area contributed by atoms with Gasteiger partial charge in [0.1, 0.15) is 11.4 Å². The fourth-order valence-electron chi connectivity index (χ4n) is 5.21. The first-order valence-electron chi connectivity index (χ1n) is 13.5. The van der Waals surface area contributed by atoms with Crippen LogP contribution in [0.25, 0.3) is 16.8 Å². The Morgan fingerprint density at radius 1 is 1.15 bits per heavy atom. The summed E-state index contributed by atoms with van der Waals surface area (Å²) in [5.41, 5.74) is 3.59. The van der Waals surface area contributed by atoms with E-state index in [0.717, 1.165) is 17.8 Å². The fourth-order valence-corrected chi connectivity index (χ4v) is 5.21. The predicted molar refractivity (Wildman–Crippen MR) is 148 cm³/mol. The highest BCUT2D eigenvalue weighted by atomic mass is 19.1. The van der Waals surface area contributed by atoms with E-state index < -0.39 is 11.8 Å². The number of aromatic nitrogens is 5. The van der Waals surface area contributed by atoms with Gasteiger partial charge in [-0.25, -0.2) is 13.9 Å². The molecular formula is C30H33FN6O3. The van der Waals surface area contributed by atoms with E-state index in [1.807, 2.05) is 45.3 Å². The zero-order valence-corrected chi connectivity index (χ0v) is 23.3. The van der Waals surface area contributed by atoms with Crippen molar-refractivity contribution in [2.45, 2.75) is 39.0 Å². The number of amides is 1. The van der Waals surface area contributed by atoms with Crippen molar-refractivity contribution in [3.63, 3.8) is 0 Å². The van der Waals surface area contributed by atoms with Gasteiger partial charge in [0, 0.05) is 44.2 Å². The molecule has 0 bridgehead atoms. The maximum atomic E-state index is 15.7. The molecule has 2 atom stereocenters. The number of nitrogens with zero attached hydrogens (tertiary/aromatic N) is 6. The van der Waals surface area contributed by atoms with E-state index in [-0.39, 0.29) is 35.8 Å². The van der Waals surface area contributed by atoms with Crippen LogP contribution < -0.4 is 0 Å². The maximum Gasteiger partial charge on any atom is 0.341 e. The van der Waals surface area contributed by atoms with E-state index in [0.29, 0.717) is 28.9 Å². The van der Waals surface area contributed by atoms with Gasteiger partial charge in [-0.3, -0.25) is 9.48 Å².